The van der Waals surface area contributed by atoms with Gasteiger partial charge in [-0.25, -0.2) is 4.79 Å². The van der Waals surface area contributed by atoms with Crippen molar-refractivity contribution in [1.82, 2.24) is 0 Å². The minimum atomic E-state index is -4.95. The van der Waals surface area contributed by atoms with E-state index in [4.69, 9.17) is 21.1 Å². The van der Waals surface area contributed by atoms with Gasteiger partial charge < -0.3 is 23.8 Å². The maximum atomic E-state index is 12.1. The fourth-order valence-corrected chi connectivity index (χ4v) is 2.82. The summed E-state index contributed by atoms with van der Waals surface area (Å²) in [4.78, 5) is 33.0. The largest absolute Gasteiger partial charge is 1.00 e. The summed E-state index contributed by atoms with van der Waals surface area (Å²) in [7, 11) is -4.95. The van der Waals surface area contributed by atoms with Gasteiger partial charge in [-0.1, -0.05) is 41.9 Å². The molecular weight excluding hydrogens is 394 g/mol. The second-order valence-corrected chi connectivity index (χ2v) is 7.01. The van der Waals surface area contributed by atoms with E-state index < -0.39 is 25.5 Å². The normalized spacial score (nSPS) is 15.2. The van der Waals surface area contributed by atoms with Crippen molar-refractivity contribution in [2.45, 2.75) is 18.9 Å². The van der Waals surface area contributed by atoms with E-state index in [9.17, 15) is 19.1 Å². The first kappa shape index (κ1) is 22.8. The van der Waals surface area contributed by atoms with Crippen LogP contribution in [0.3, 0.4) is 0 Å². The topological polar surface area (TPSA) is 95.9 Å². The molecule has 128 valence electrons. The smallest absolute Gasteiger partial charge is 0.776 e. The second-order valence-electron chi connectivity index (χ2n) is 4.98. The van der Waals surface area contributed by atoms with Gasteiger partial charge in [0.15, 0.2) is 19.5 Å². The first-order valence-corrected chi connectivity index (χ1v) is 9.01. The molecule has 0 aliphatic heterocycles. The van der Waals surface area contributed by atoms with Crippen LogP contribution in [0.15, 0.2) is 54.6 Å². The van der Waals surface area contributed by atoms with Crippen molar-refractivity contribution >= 4 is 25.2 Å². The molecule has 0 fully saturated rings. The fourth-order valence-electron chi connectivity index (χ4n) is 1.91. The maximum absolute atomic E-state index is 12.1. The van der Waals surface area contributed by atoms with Gasteiger partial charge in [0.2, 0.25) is 0 Å². The first-order valence-electron chi connectivity index (χ1n) is 6.98. The number of hydrogen-bond acceptors (Lipinski definition) is 5. The molecule has 25 heavy (non-hydrogen) atoms. The molecule has 3 unspecified atom stereocenters. The monoisotopic (exact) mass is 408 g/mol. The standard InChI is InChI=1S/C16H16ClO6P.K/c1-11(22-14-9-7-13(17)8-10-14)15(18)23-16(24(19,20)21)12-5-3-2-4-6-12;/h2-11,16H,1H3,(H2,19,20,21);/q;+1/p-1. The van der Waals surface area contributed by atoms with E-state index in [0.717, 1.165) is 0 Å². The molecule has 0 saturated carbocycles. The summed E-state index contributed by atoms with van der Waals surface area (Å²) in [5, 5.41) is 0.509. The molecule has 0 spiro atoms. The Morgan fingerprint density at radius 1 is 1.16 bits per heavy atom. The van der Waals surface area contributed by atoms with Crippen molar-refractivity contribution in [3.8, 4) is 5.75 Å². The molecule has 3 atom stereocenters. The van der Waals surface area contributed by atoms with Crippen molar-refractivity contribution in [1.29, 1.82) is 0 Å². The number of hydrogen-bond donors (Lipinski definition) is 1. The Labute approximate surface area is 193 Å². The summed E-state index contributed by atoms with van der Waals surface area (Å²) in [5.74, 6) is -2.35. The average molecular weight is 409 g/mol. The van der Waals surface area contributed by atoms with Crippen LogP contribution in [-0.2, 0) is 14.1 Å². The predicted molar refractivity (Wildman–Crippen MR) is 86.6 cm³/mol. The molecule has 2 aromatic carbocycles. The van der Waals surface area contributed by atoms with Gasteiger partial charge >= 0.3 is 57.4 Å². The van der Waals surface area contributed by atoms with Crippen LogP contribution in [0.1, 0.15) is 18.3 Å². The van der Waals surface area contributed by atoms with E-state index in [-0.39, 0.29) is 56.9 Å². The zero-order chi connectivity index (χ0) is 17.7. The number of ether oxygens (including phenoxy) is 2. The Morgan fingerprint density at radius 3 is 2.24 bits per heavy atom. The van der Waals surface area contributed by atoms with E-state index >= 15 is 0 Å². The van der Waals surface area contributed by atoms with Gasteiger partial charge in [0.25, 0.3) is 0 Å². The Bertz CT molecular complexity index is 734. The Hall–Kier alpha value is -0.214. The molecule has 2 rings (SSSR count). The van der Waals surface area contributed by atoms with Crippen LogP contribution in [0.4, 0.5) is 0 Å². The minimum absolute atomic E-state index is 0. The van der Waals surface area contributed by atoms with E-state index in [2.05, 4.69) is 0 Å². The third kappa shape index (κ3) is 7.13. The molecule has 0 bridgehead atoms. The van der Waals surface area contributed by atoms with Gasteiger partial charge in [0.1, 0.15) is 5.75 Å². The van der Waals surface area contributed by atoms with Gasteiger partial charge in [-0.15, -0.1) is 0 Å². The molecule has 1 N–H and O–H groups in total. The fraction of sp³-hybridized carbons (Fsp3) is 0.188. The predicted octanol–water partition coefficient (Wildman–Crippen LogP) is -0.101. The minimum Gasteiger partial charge on any atom is -0.776 e. The van der Waals surface area contributed by atoms with Crippen LogP contribution >= 0.6 is 19.2 Å². The summed E-state index contributed by atoms with van der Waals surface area (Å²) in [6.45, 7) is 1.41. The Morgan fingerprint density at radius 2 is 1.72 bits per heavy atom. The molecule has 0 radical (unpaired) electrons. The SMILES string of the molecule is CC(Oc1ccc(Cl)cc1)C(=O)OC(c1ccccc1)P(=O)([O-])O.[K+]. The molecule has 6 nitrogen and oxygen atoms in total. The summed E-state index contributed by atoms with van der Waals surface area (Å²) in [5.41, 5.74) is 0.144. The zero-order valence-corrected chi connectivity index (χ0v) is 18.4. The van der Waals surface area contributed by atoms with Crippen molar-refractivity contribution < 1.29 is 80.0 Å². The van der Waals surface area contributed by atoms with Crippen LogP contribution in [0.2, 0.25) is 5.02 Å². The molecular formula is C16H15ClKO6P. The quantitative estimate of drug-likeness (QED) is 0.407. The van der Waals surface area contributed by atoms with Crippen LogP contribution in [-0.4, -0.2) is 17.0 Å². The van der Waals surface area contributed by atoms with Crippen LogP contribution in [0.5, 0.6) is 5.75 Å². The van der Waals surface area contributed by atoms with Crippen LogP contribution in [0, 0.1) is 0 Å². The summed E-state index contributed by atoms with van der Waals surface area (Å²) in [6.07, 6.45) is -1.08. The number of halogens is 1. The van der Waals surface area contributed by atoms with Gasteiger partial charge in [0.05, 0.1) is 0 Å². The van der Waals surface area contributed by atoms with Crippen molar-refractivity contribution in [2.75, 3.05) is 0 Å². The number of esters is 1. The van der Waals surface area contributed by atoms with E-state index in [1.807, 2.05) is 0 Å². The Balaban J connectivity index is 0.00000312. The summed E-state index contributed by atoms with van der Waals surface area (Å²) in [6, 6.07) is 14.0. The molecule has 2 aromatic rings. The van der Waals surface area contributed by atoms with Crippen molar-refractivity contribution in [3.63, 3.8) is 0 Å². The number of carbonyl (C=O) groups excluding carboxylic acids is 1. The summed E-state index contributed by atoms with van der Waals surface area (Å²) < 4.78 is 21.9. The number of rotatable bonds is 6. The Kier molecular flexibility index (Phi) is 9.32. The molecule has 0 saturated heterocycles. The van der Waals surface area contributed by atoms with Gasteiger partial charge in [-0.2, -0.15) is 0 Å². The molecule has 9 heteroatoms. The van der Waals surface area contributed by atoms with Gasteiger partial charge in [-0.05, 0) is 31.2 Å². The molecule has 0 aromatic heterocycles. The van der Waals surface area contributed by atoms with Crippen molar-refractivity contribution in [3.05, 3.63) is 65.2 Å². The third-order valence-electron chi connectivity index (χ3n) is 3.07. The van der Waals surface area contributed by atoms with E-state index in [1.165, 1.54) is 19.1 Å². The summed E-state index contributed by atoms with van der Waals surface area (Å²) >= 11 is 5.76. The average Bonchev–Trinajstić information content (AvgIpc) is 2.54. The first-order chi connectivity index (χ1) is 11.3. The number of carbonyl (C=O) groups is 1. The van der Waals surface area contributed by atoms with Crippen LogP contribution in [0.25, 0.3) is 0 Å². The van der Waals surface area contributed by atoms with Gasteiger partial charge in [0, 0.05) is 10.6 Å². The second kappa shape index (κ2) is 10.2. The maximum Gasteiger partial charge on any atom is 1.00 e. The molecule has 0 aliphatic carbocycles. The zero-order valence-electron chi connectivity index (χ0n) is 13.7. The van der Waals surface area contributed by atoms with Crippen molar-refractivity contribution in [2.24, 2.45) is 0 Å². The molecule has 0 amide bonds. The number of benzene rings is 2. The third-order valence-corrected chi connectivity index (χ3v) is 4.32. The molecule has 0 heterocycles. The molecule has 0 aliphatic rings. The van der Waals surface area contributed by atoms with E-state index in [0.29, 0.717) is 10.8 Å². The van der Waals surface area contributed by atoms with Crippen LogP contribution < -0.4 is 61.0 Å². The van der Waals surface area contributed by atoms with E-state index in [1.54, 1.807) is 42.5 Å². The van der Waals surface area contributed by atoms with Gasteiger partial charge in [-0.3, -0.25) is 0 Å².